The van der Waals surface area contributed by atoms with Crippen molar-refractivity contribution in [3.05, 3.63) is 12.2 Å². The van der Waals surface area contributed by atoms with Gasteiger partial charge in [0, 0.05) is 22.8 Å². The fourth-order valence-electron chi connectivity index (χ4n) is 3.05. The number of carbonyl (C=O) groups is 2. The van der Waals surface area contributed by atoms with Crippen molar-refractivity contribution in [1.29, 1.82) is 0 Å². The van der Waals surface area contributed by atoms with Crippen LogP contribution in [0.4, 0.5) is 0 Å². The highest BCUT2D eigenvalue weighted by Crippen LogP contribution is 2.53. The molecule has 2 heterocycles. The third-order valence-corrected chi connectivity index (χ3v) is 5.81. The zero-order valence-corrected chi connectivity index (χ0v) is 11.3. The van der Waals surface area contributed by atoms with Gasteiger partial charge < -0.3 is 9.90 Å². The molecule has 0 saturated carbocycles. The molecule has 2 bridgehead atoms. The van der Waals surface area contributed by atoms with E-state index in [1.807, 2.05) is 11.8 Å². The van der Waals surface area contributed by atoms with Gasteiger partial charge >= 0.3 is 5.97 Å². The topological polar surface area (TPSA) is 54.4 Å². The maximum Gasteiger partial charge on any atom is 0.303 e. The van der Waals surface area contributed by atoms with Gasteiger partial charge in [-0.25, -0.2) is 0 Å². The number of aliphatic carboxylic acids is 1. The normalized spacial score (nSPS) is 34.2. The molecule has 18 heavy (non-hydrogen) atoms. The number of carbonyl (C=O) groups excluding carboxylic acids is 1. The quantitative estimate of drug-likeness (QED) is 0.438. The molecular weight excluding hydrogens is 248 g/mol. The minimum atomic E-state index is -0.728. The van der Waals surface area contributed by atoms with Crippen LogP contribution < -0.4 is 0 Å². The molecule has 4 heteroatoms. The second-order valence-corrected chi connectivity index (χ2v) is 6.64. The Morgan fingerprint density at radius 2 is 2.06 bits per heavy atom. The zero-order chi connectivity index (χ0) is 13.0. The summed E-state index contributed by atoms with van der Waals surface area (Å²) in [6.45, 7) is 0. The first-order chi connectivity index (χ1) is 8.72. The van der Waals surface area contributed by atoms with Crippen molar-refractivity contribution < 1.29 is 14.7 Å². The minimum Gasteiger partial charge on any atom is -0.481 e. The van der Waals surface area contributed by atoms with Gasteiger partial charge in [0.1, 0.15) is 6.29 Å². The molecule has 0 aromatic heterocycles. The number of unbranched alkanes of at least 4 members (excludes halogenated alkanes) is 1. The summed E-state index contributed by atoms with van der Waals surface area (Å²) < 4.78 is 0. The monoisotopic (exact) mass is 268 g/mol. The number of hydrogen-bond acceptors (Lipinski definition) is 3. The number of fused-ring (bicyclic) bond motifs is 2. The van der Waals surface area contributed by atoms with Gasteiger partial charge in [-0.2, -0.15) is 11.8 Å². The summed E-state index contributed by atoms with van der Waals surface area (Å²) in [5.41, 5.74) is 0. The largest absolute Gasteiger partial charge is 0.481 e. The lowest BCUT2D eigenvalue weighted by atomic mass is 9.78. The van der Waals surface area contributed by atoms with Gasteiger partial charge in [0.15, 0.2) is 0 Å². The van der Waals surface area contributed by atoms with E-state index in [0.717, 1.165) is 19.1 Å². The molecule has 0 amide bonds. The second-order valence-electron chi connectivity index (χ2n) is 5.16. The van der Waals surface area contributed by atoms with E-state index >= 15 is 0 Å². The molecule has 0 aliphatic carbocycles. The van der Waals surface area contributed by atoms with Crippen molar-refractivity contribution in [3.8, 4) is 0 Å². The molecule has 0 aromatic carbocycles. The van der Waals surface area contributed by atoms with Gasteiger partial charge in [0.05, 0.1) is 0 Å². The molecular formula is C14H20O3S. The van der Waals surface area contributed by atoms with E-state index in [-0.39, 0.29) is 12.3 Å². The van der Waals surface area contributed by atoms with Crippen LogP contribution in [-0.2, 0) is 9.59 Å². The lowest BCUT2D eigenvalue weighted by Gasteiger charge is -2.24. The molecule has 100 valence electrons. The molecule has 2 rings (SSSR count). The molecule has 2 aliphatic heterocycles. The highest BCUT2D eigenvalue weighted by molar-refractivity contribution is 8.01. The summed E-state index contributed by atoms with van der Waals surface area (Å²) in [6.07, 6.45) is 10.6. The Bertz CT molecular complexity index is 340. The number of rotatable bonds is 7. The Balaban J connectivity index is 1.71. The van der Waals surface area contributed by atoms with Crippen LogP contribution in [0.2, 0.25) is 0 Å². The van der Waals surface area contributed by atoms with Crippen LogP contribution >= 0.6 is 11.8 Å². The number of thioether (sulfide) groups is 1. The number of carboxylic acids is 1. The second kappa shape index (κ2) is 6.41. The molecule has 3 nitrogen and oxygen atoms in total. The third-order valence-electron chi connectivity index (χ3n) is 3.98. The van der Waals surface area contributed by atoms with Crippen LogP contribution in [0.1, 0.15) is 38.5 Å². The van der Waals surface area contributed by atoms with Crippen molar-refractivity contribution >= 4 is 24.0 Å². The van der Waals surface area contributed by atoms with Crippen LogP contribution in [0.3, 0.4) is 0 Å². The van der Waals surface area contributed by atoms with E-state index in [1.54, 1.807) is 0 Å². The molecule has 1 N–H and O–H groups in total. The van der Waals surface area contributed by atoms with E-state index in [1.165, 1.54) is 12.8 Å². The van der Waals surface area contributed by atoms with Crippen molar-refractivity contribution in [2.24, 2.45) is 11.8 Å². The highest BCUT2D eigenvalue weighted by atomic mass is 32.2. The summed E-state index contributed by atoms with van der Waals surface area (Å²) in [7, 11) is 0. The average molecular weight is 268 g/mol. The number of aldehydes is 1. The van der Waals surface area contributed by atoms with Gasteiger partial charge in [-0.3, -0.25) is 4.79 Å². The Labute approximate surface area is 112 Å². The molecule has 2 saturated heterocycles. The van der Waals surface area contributed by atoms with Gasteiger partial charge in [-0.15, -0.1) is 0 Å². The van der Waals surface area contributed by atoms with Gasteiger partial charge in [0.25, 0.3) is 0 Å². The van der Waals surface area contributed by atoms with Crippen molar-refractivity contribution in [3.63, 3.8) is 0 Å². The maximum absolute atomic E-state index is 11.1. The number of allylic oxidation sites excluding steroid dienone is 2. The molecule has 4 atom stereocenters. The molecule has 2 aliphatic rings. The Morgan fingerprint density at radius 3 is 2.78 bits per heavy atom. The first kappa shape index (κ1) is 13.7. The first-order valence-corrected chi connectivity index (χ1v) is 7.64. The summed E-state index contributed by atoms with van der Waals surface area (Å²) in [6, 6.07) is 0. The summed E-state index contributed by atoms with van der Waals surface area (Å²) in [4.78, 5) is 21.5. The van der Waals surface area contributed by atoms with Crippen molar-refractivity contribution in [1.82, 2.24) is 0 Å². The van der Waals surface area contributed by atoms with Crippen LogP contribution in [0.5, 0.6) is 0 Å². The fraction of sp³-hybridized carbons (Fsp3) is 0.714. The van der Waals surface area contributed by atoms with E-state index in [2.05, 4.69) is 12.2 Å². The standard InChI is InChI=1S/C14H20O3S/c15-9-11-10(12-7-8-13(11)18-12)5-3-1-2-4-6-14(16)17/h1,3,9-13H,2,4-8H2,(H,16,17)/t10-,11-,12-,13-/m1/s1. The number of hydrogen-bond donors (Lipinski definition) is 1. The summed E-state index contributed by atoms with van der Waals surface area (Å²) >= 11 is 2.00. The average Bonchev–Trinajstić information content (AvgIpc) is 2.93. The Hall–Kier alpha value is -0.770. The van der Waals surface area contributed by atoms with Gasteiger partial charge in [-0.1, -0.05) is 12.2 Å². The van der Waals surface area contributed by atoms with Crippen molar-refractivity contribution in [2.45, 2.75) is 49.0 Å². The first-order valence-electron chi connectivity index (χ1n) is 6.70. The highest BCUT2D eigenvalue weighted by Gasteiger charge is 2.47. The maximum atomic E-state index is 11.1. The third kappa shape index (κ3) is 3.16. The summed E-state index contributed by atoms with van der Waals surface area (Å²) in [5.74, 6) is 0.0355. The van der Waals surface area contributed by atoms with E-state index in [4.69, 9.17) is 5.11 Å². The van der Waals surface area contributed by atoms with Gasteiger partial charge in [-0.05, 0) is 38.0 Å². The van der Waals surface area contributed by atoms with Crippen LogP contribution in [0.25, 0.3) is 0 Å². The van der Waals surface area contributed by atoms with E-state index < -0.39 is 5.97 Å². The zero-order valence-electron chi connectivity index (χ0n) is 10.5. The number of carboxylic acid groups (broad SMARTS) is 1. The lowest BCUT2D eigenvalue weighted by Crippen LogP contribution is -2.27. The smallest absolute Gasteiger partial charge is 0.303 e. The molecule has 0 unspecified atom stereocenters. The minimum absolute atomic E-state index is 0.241. The van der Waals surface area contributed by atoms with Crippen LogP contribution in [0, 0.1) is 11.8 Å². The predicted molar refractivity (Wildman–Crippen MR) is 72.7 cm³/mol. The Morgan fingerprint density at radius 1 is 1.28 bits per heavy atom. The molecule has 0 aromatic rings. The summed E-state index contributed by atoms with van der Waals surface area (Å²) in [5, 5.41) is 9.76. The van der Waals surface area contributed by atoms with E-state index in [9.17, 15) is 9.59 Å². The molecule has 0 spiro atoms. The lowest BCUT2D eigenvalue weighted by molar-refractivity contribution is -0.137. The molecule has 0 radical (unpaired) electrons. The molecule has 2 fully saturated rings. The predicted octanol–water partition coefficient (Wildman–Crippen LogP) is 2.90. The van der Waals surface area contributed by atoms with Crippen LogP contribution in [-0.4, -0.2) is 27.9 Å². The fourth-order valence-corrected chi connectivity index (χ4v) is 4.99. The van der Waals surface area contributed by atoms with Gasteiger partial charge in [0.2, 0.25) is 0 Å². The van der Waals surface area contributed by atoms with Crippen LogP contribution in [0.15, 0.2) is 12.2 Å². The SMILES string of the molecule is O=C[C@@H]1[C@@H](CC=CCCCC(=O)O)[C@H]2CC[C@H]1S2. The Kier molecular flexibility index (Phi) is 4.87. The van der Waals surface area contributed by atoms with Crippen molar-refractivity contribution in [2.75, 3.05) is 0 Å². The van der Waals surface area contributed by atoms with E-state index in [0.29, 0.717) is 22.8 Å².